The first-order valence-electron chi connectivity index (χ1n) is 4.94. The Kier molecular flexibility index (Phi) is 6.61. The highest BCUT2D eigenvalue weighted by molar-refractivity contribution is 5.85. The number of primary amides is 1. The summed E-state index contributed by atoms with van der Waals surface area (Å²) in [6, 6.07) is -0.417. The number of rotatable bonds is 7. The van der Waals surface area contributed by atoms with Crippen LogP contribution in [0.4, 0.5) is 0 Å². The molecule has 0 saturated heterocycles. The molecule has 0 radical (unpaired) electrons. The van der Waals surface area contributed by atoms with Crippen LogP contribution in [0.15, 0.2) is 0 Å². The first kappa shape index (κ1) is 14.2. The zero-order chi connectivity index (χ0) is 12.6. The van der Waals surface area contributed by atoms with Crippen molar-refractivity contribution in [1.82, 2.24) is 5.32 Å². The van der Waals surface area contributed by atoms with Gasteiger partial charge in [0.05, 0.1) is 13.1 Å². The Bertz CT molecular complexity index is 274. The summed E-state index contributed by atoms with van der Waals surface area (Å²) in [5.41, 5.74) is 18.9. The Hall–Kier alpha value is -1.83. The molecule has 0 aromatic heterocycles. The Morgan fingerprint density at radius 3 is 2.44 bits per heavy atom. The van der Waals surface area contributed by atoms with Gasteiger partial charge in [0.15, 0.2) is 6.04 Å². The molecule has 0 bridgehead atoms. The summed E-state index contributed by atoms with van der Waals surface area (Å²) in [6.45, 7) is 0.421. The van der Waals surface area contributed by atoms with E-state index in [0.29, 0.717) is 19.4 Å². The monoisotopic (exact) mass is 232 g/mol. The number of amides is 2. The molecular weight excluding hydrogens is 212 g/mol. The Balaban J connectivity index is 3.71. The number of hydrogen-bond donors (Lipinski definition) is 6. The van der Waals surface area contributed by atoms with Crippen LogP contribution in [-0.4, -0.2) is 36.9 Å². The van der Waals surface area contributed by atoms with E-state index in [9.17, 15) is 9.59 Å². The third kappa shape index (κ3) is 7.56. The molecule has 8 heteroatoms. The van der Waals surface area contributed by atoms with Gasteiger partial charge in [-0.05, 0) is 6.42 Å². The maximum Gasteiger partial charge on any atom is 0.338 e. The molecule has 16 heavy (non-hydrogen) atoms. The minimum absolute atomic E-state index is 0.152. The number of carbonyl (C=O) groups is 2. The van der Waals surface area contributed by atoms with Crippen molar-refractivity contribution in [2.24, 2.45) is 17.2 Å². The molecule has 2 amide bonds. The smallest absolute Gasteiger partial charge is 0.338 e. The molecule has 8 nitrogen and oxygen atoms in total. The van der Waals surface area contributed by atoms with Gasteiger partial charge in [0.2, 0.25) is 5.91 Å². The topological polar surface area (TPSA) is 166 Å². The quantitative estimate of drug-likeness (QED) is 0.146. The van der Waals surface area contributed by atoms with Gasteiger partial charge in [0.25, 0.3) is 5.91 Å². The zero-order valence-electron chi connectivity index (χ0n) is 9.16. The van der Waals surface area contributed by atoms with Gasteiger partial charge in [0, 0.05) is 6.42 Å². The van der Waals surface area contributed by atoms with E-state index in [1.54, 1.807) is 0 Å². The first-order valence-corrected chi connectivity index (χ1v) is 4.94. The molecule has 11 N–H and O–H groups in total. The van der Waals surface area contributed by atoms with Gasteiger partial charge in [0.1, 0.15) is 0 Å². The summed E-state index contributed by atoms with van der Waals surface area (Å²) < 4.78 is 0. The Morgan fingerprint density at radius 1 is 1.31 bits per heavy atom. The third-order valence-electron chi connectivity index (χ3n) is 1.87. The standard InChI is InChI=1S/C8H18N6O2/c9-5(2-1-3-13-8(11)12)7(16)14-4-6(10)15/h5H,1-4,9H2,(H2,10,15)(H,14,16)(H4,11,12,13)/p+2/t5-/m0/s1. The molecule has 0 rings (SSSR count). The van der Waals surface area contributed by atoms with Crippen molar-refractivity contribution in [3.05, 3.63) is 0 Å². The molecule has 0 fully saturated rings. The lowest BCUT2D eigenvalue weighted by atomic mass is 10.1. The van der Waals surface area contributed by atoms with Gasteiger partial charge in [-0.15, -0.1) is 0 Å². The summed E-state index contributed by atoms with van der Waals surface area (Å²) in [5.74, 6) is -0.713. The van der Waals surface area contributed by atoms with Crippen molar-refractivity contribution in [2.75, 3.05) is 13.1 Å². The molecule has 92 valence electrons. The maximum absolute atomic E-state index is 11.3. The summed E-state index contributed by atoms with van der Waals surface area (Å²) in [4.78, 5) is 24.5. The zero-order valence-corrected chi connectivity index (χ0v) is 9.16. The van der Waals surface area contributed by atoms with E-state index in [1.165, 1.54) is 0 Å². The van der Waals surface area contributed by atoms with E-state index in [1.807, 2.05) is 0 Å². The molecule has 0 saturated carbocycles. The number of guanidine groups is 1. The fourth-order valence-electron chi connectivity index (χ4n) is 1.03. The number of hydrogen-bond acceptors (Lipinski definition) is 2. The number of quaternary nitrogens is 1. The van der Waals surface area contributed by atoms with Crippen LogP contribution in [0.3, 0.4) is 0 Å². The van der Waals surface area contributed by atoms with Crippen LogP contribution in [0.5, 0.6) is 0 Å². The van der Waals surface area contributed by atoms with Crippen molar-refractivity contribution in [1.29, 1.82) is 0 Å². The summed E-state index contributed by atoms with van der Waals surface area (Å²) in [6.07, 6.45) is 1.28. The molecule has 1 atom stereocenters. The van der Waals surface area contributed by atoms with E-state index >= 15 is 0 Å². The maximum atomic E-state index is 11.3. The lowest BCUT2D eigenvalue weighted by Crippen LogP contribution is -2.78. The highest BCUT2D eigenvalue weighted by atomic mass is 16.2. The molecule has 0 spiro atoms. The van der Waals surface area contributed by atoms with Gasteiger partial charge >= 0.3 is 5.96 Å². The number of nitrogens with one attached hydrogen (secondary N) is 2. The summed E-state index contributed by atoms with van der Waals surface area (Å²) >= 11 is 0. The van der Waals surface area contributed by atoms with Gasteiger partial charge in [-0.25, -0.2) is 0 Å². The van der Waals surface area contributed by atoms with Crippen LogP contribution < -0.4 is 33.2 Å². The normalized spacial score (nSPS) is 11.6. The highest BCUT2D eigenvalue weighted by Gasteiger charge is 2.16. The summed E-state index contributed by atoms with van der Waals surface area (Å²) in [5, 5.41) is 2.38. The van der Waals surface area contributed by atoms with E-state index in [4.69, 9.17) is 17.2 Å². The Labute approximate surface area is 93.4 Å². The van der Waals surface area contributed by atoms with Gasteiger partial charge in [-0.1, -0.05) is 0 Å². The largest absolute Gasteiger partial charge is 0.368 e. The molecule has 0 heterocycles. The van der Waals surface area contributed by atoms with E-state index in [2.05, 4.69) is 16.0 Å². The second-order valence-corrected chi connectivity index (χ2v) is 3.41. The SMILES string of the molecule is NC(=O)CNC(=O)[C@@H]([NH3+])CCC[NH+]=C(N)N. The van der Waals surface area contributed by atoms with Crippen molar-refractivity contribution in [3.8, 4) is 0 Å². The van der Waals surface area contributed by atoms with Crippen LogP contribution in [0.25, 0.3) is 0 Å². The molecule has 0 aliphatic carbocycles. The van der Waals surface area contributed by atoms with Crippen LogP contribution >= 0.6 is 0 Å². The first-order chi connectivity index (χ1) is 7.43. The fraction of sp³-hybridized carbons (Fsp3) is 0.625. The van der Waals surface area contributed by atoms with Crippen molar-refractivity contribution >= 4 is 17.8 Å². The molecule has 0 aromatic rings. The predicted molar refractivity (Wildman–Crippen MR) is 57.3 cm³/mol. The average molecular weight is 232 g/mol. The van der Waals surface area contributed by atoms with Crippen molar-refractivity contribution < 1.29 is 20.3 Å². The number of carbonyl (C=O) groups excluding carboxylic acids is 2. The van der Waals surface area contributed by atoms with Gasteiger partial charge in [-0.2, -0.15) is 0 Å². The minimum Gasteiger partial charge on any atom is -0.368 e. The van der Waals surface area contributed by atoms with Crippen molar-refractivity contribution in [3.63, 3.8) is 0 Å². The van der Waals surface area contributed by atoms with Crippen LogP contribution in [0, 0.1) is 0 Å². The predicted octanol–water partition coefficient (Wildman–Crippen LogP) is -5.67. The molecular formula is C8H20N6O2+2. The van der Waals surface area contributed by atoms with E-state index in [0.717, 1.165) is 0 Å². The molecule has 0 aliphatic heterocycles. The molecule has 0 aromatic carbocycles. The second kappa shape index (κ2) is 7.46. The lowest BCUT2D eigenvalue weighted by molar-refractivity contribution is -0.463. The minimum atomic E-state index is -0.576. The van der Waals surface area contributed by atoms with Crippen LogP contribution in [0.2, 0.25) is 0 Å². The van der Waals surface area contributed by atoms with E-state index in [-0.39, 0.29) is 18.4 Å². The average Bonchev–Trinajstić information content (AvgIpc) is 2.20. The highest BCUT2D eigenvalue weighted by Crippen LogP contribution is 1.89. The Morgan fingerprint density at radius 2 is 1.94 bits per heavy atom. The third-order valence-corrected chi connectivity index (χ3v) is 1.87. The number of nitrogens with two attached hydrogens (primary N) is 3. The van der Waals surface area contributed by atoms with Crippen LogP contribution in [0.1, 0.15) is 12.8 Å². The fourth-order valence-corrected chi connectivity index (χ4v) is 1.03. The summed E-state index contributed by atoms with van der Waals surface area (Å²) in [7, 11) is 0. The van der Waals surface area contributed by atoms with Crippen LogP contribution in [-0.2, 0) is 9.59 Å². The van der Waals surface area contributed by atoms with Gasteiger partial charge < -0.3 is 16.8 Å². The lowest BCUT2D eigenvalue weighted by Gasteiger charge is -2.07. The molecule has 0 unspecified atom stereocenters. The second-order valence-electron chi connectivity index (χ2n) is 3.41. The molecule has 0 aliphatic rings. The van der Waals surface area contributed by atoms with Gasteiger partial charge in [-0.3, -0.25) is 26.0 Å². The van der Waals surface area contributed by atoms with E-state index < -0.39 is 11.9 Å². The van der Waals surface area contributed by atoms with Crippen molar-refractivity contribution in [2.45, 2.75) is 18.9 Å².